The third-order valence-electron chi connectivity index (χ3n) is 6.16. The van der Waals surface area contributed by atoms with Crippen molar-refractivity contribution in [2.24, 2.45) is 17.4 Å². The number of imidazole rings is 1. The number of carbonyl (C=O) groups is 5. The molecule has 0 aliphatic rings. The van der Waals surface area contributed by atoms with E-state index in [0.717, 1.165) is 0 Å². The van der Waals surface area contributed by atoms with Crippen molar-refractivity contribution >= 4 is 29.6 Å². The van der Waals surface area contributed by atoms with E-state index in [1.54, 1.807) is 26.0 Å². The molecule has 1 heterocycles. The van der Waals surface area contributed by atoms with Crippen LogP contribution in [0, 0.1) is 5.92 Å². The van der Waals surface area contributed by atoms with Crippen molar-refractivity contribution in [3.05, 3.63) is 48.0 Å². The van der Waals surface area contributed by atoms with Gasteiger partial charge < -0.3 is 42.6 Å². The maximum Gasteiger partial charge on any atom is 0.326 e. The molecule has 212 valence electrons. The molecule has 0 aliphatic heterocycles. The lowest BCUT2D eigenvalue weighted by molar-refractivity contribution is -0.143. The molecule has 0 saturated carbocycles. The van der Waals surface area contributed by atoms with Crippen LogP contribution >= 0.6 is 0 Å². The fourth-order valence-electron chi connectivity index (χ4n) is 3.70. The van der Waals surface area contributed by atoms with Crippen molar-refractivity contribution in [3.63, 3.8) is 0 Å². The molecule has 5 atom stereocenters. The Morgan fingerprint density at radius 3 is 2.10 bits per heavy atom. The quantitative estimate of drug-likeness (QED) is 0.132. The number of aliphatic carboxylic acids is 1. The number of aromatic hydroxyl groups is 1. The van der Waals surface area contributed by atoms with Gasteiger partial charge in [0, 0.05) is 24.7 Å². The van der Waals surface area contributed by atoms with Crippen molar-refractivity contribution < 1.29 is 34.2 Å². The second-order valence-corrected chi connectivity index (χ2v) is 9.26. The minimum atomic E-state index is -1.30. The van der Waals surface area contributed by atoms with E-state index in [-0.39, 0.29) is 18.6 Å². The fourth-order valence-corrected chi connectivity index (χ4v) is 3.70. The molecule has 2 aromatic rings. The number of hydrogen-bond acceptors (Lipinski definition) is 8. The SMILES string of the molecule is CCC(C)C(NC(=O)C(Cc1ccc(O)cc1)NC(=O)C(Cc1cnc[nH]1)NC(=O)C(N)CC(N)=O)C(=O)O. The fraction of sp³-hybridized carbons (Fsp3) is 0.440. The third-order valence-corrected chi connectivity index (χ3v) is 6.16. The van der Waals surface area contributed by atoms with Crippen LogP contribution in [-0.2, 0) is 36.8 Å². The molecule has 0 radical (unpaired) electrons. The summed E-state index contributed by atoms with van der Waals surface area (Å²) in [6, 6.07) is 0.941. The predicted octanol–water partition coefficient (Wildman–Crippen LogP) is -1.31. The molecule has 14 heteroatoms. The number of primary amides is 1. The summed E-state index contributed by atoms with van der Waals surface area (Å²) in [7, 11) is 0. The van der Waals surface area contributed by atoms with E-state index in [1.807, 2.05) is 0 Å². The Bertz CT molecular complexity index is 1140. The number of carbonyl (C=O) groups excluding carboxylic acids is 4. The smallest absolute Gasteiger partial charge is 0.326 e. The molecule has 39 heavy (non-hydrogen) atoms. The number of aromatic nitrogens is 2. The number of hydrogen-bond donors (Lipinski definition) is 8. The summed E-state index contributed by atoms with van der Waals surface area (Å²) in [5, 5.41) is 26.8. The summed E-state index contributed by atoms with van der Waals surface area (Å²) in [5.74, 6) is -4.74. The normalized spacial score (nSPS) is 14.7. The highest BCUT2D eigenvalue weighted by atomic mass is 16.4. The topological polar surface area (TPSA) is 243 Å². The first kappa shape index (κ1) is 30.8. The number of carboxylic acid groups (broad SMARTS) is 1. The summed E-state index contributed by atoms with van der Waals surface area (Å²) in [6.07, 6.45) is 2.76. The Kier molecular flexibility index (Phi) is 11.4. The standard InChI is InChI=1S/C25H35N7O7/c1-3-13(2)21(25(38)39)32-24(37)18(8-14-4-6-16(33)7-5-14)31-23(36)19(9-15-11-28-12-29-15)30-22(35)17(26)10-20(27)34/h4-7,11-13,17-19,21,33H,3,8-10,26H2,1-2H3,(H2,27,34)(H,28,29)(H,30,35)(H,31,36)(H,32,37)(H,38,39). The Morgan fingerprint density at radius 1 is 0.974 bits per heavy atom. The van der Waals surface area contributed by atoms with Gasteiger partial charge in [0.2, 0.25) is 23.6 Å². The molecule has 0 saturated heterocycles. The first-order valence-electron chi connectivity index (χ1n) is 12.3. The lowest BCUT2D eigenvalue weighted by Gasteiger charge is -2.26. The molecule has 0 bridgehead atoms. The number of rotatable bonds is 15. The van der Waals surface area contributed by atoms with Gasteiger partial charge in [0.25, 0.3) is 0 Å². The number of aromatic amines is 1. The van der Waals surface area contributed by atoms with Crippen LogP contribution in [0.1, 0.15) is 37.9 Å². The van der Waals surface area contributed by atoms with Crippen LogP contribution in [0.15, 0.2) is 36.8 Å². The number of nitrogens with one attached hydrogen (secondary N) is 4. The lowest BCUT2D eigenvalue weighted by Crippen LogP contribution is -2.58. The zero-order valence-electron chi connectivity index (χ0n) is 21.7. The molecule has 14 nitrogen and oxygen atoms in total. The van der Waals surface area contributed by atoms with Crippen molar-refractivity contribution in [1.29, 1.82) is 0 Å². The maximum absolute atomic E-state index is 13.4. The van der Waals surface area contributed by atoms with Gasteiger partial charge in [-0.25, -0.2) is 9.78 Å². The molecule has 4 amide bonds. The number of nitrogens with zero attached hydrogens (tertiary/aromatic N) is 1. The van der Waals surface area contributed by atoms with E-state index in [1.165, 1.54) is 24.7 Å². The third kappa shape index (κ3) is 9.74. The molecule has 0 spiro atoms. The highest BCUT2D eigenvalue weighted by Crippen LogP contribution is 2.13. The number of nitrogens with two attached hydrogens (primary N) is 2. The molecular formula is C25H35N7O7. The Hall–Kier alpha value is -4.46. The van der Waals surface area contributed by atoms with Gasteiger partial charge in [0.15, 0.2) is 0 Å². The summed E-state index contributed by atoms with van der Waals surface area (Å²) in [4.78, 5) is 68.9. The van der Waals surface area contributed by atoms with E-state index in [9.17, 15) is 34.2 Å². The van der Waals surface area contributed by atoms with E-state index in [4.69, 9.17) is 11.5 Å². The highest BCUT2D eigenvalue weighted by Gasteiger charge is 2.32. The van der Waals surface area contributed by atoms with Crippen LogP contribution in [0.2, 0.25) is 0 Å². The number of carboxylic acids is 1. The molecule has 1 aromatic carbocycles. The first-order chi connectivity index (χ1) is 18.4. The molecule has 0 fully saturated rings. The first-order valence-corrected chi connectivity index (χ1v) is 12.3. The van der Waals surface area contributed by atoms with E-state index >= 15 is 0 Å². The Morgan fingerprint density at radius 2 is 1.56 bits per heavy atom. The van der Waals surface area contributed by atoms with Gasteiger partial charge in [0.05, 0.1) is 18.8 Å². The van der Waals surface area contributed by atoms with Gasteiger partial charge in [-0.05, 0) is 23.6 Å². The van der Waals surface area contributed by atoms with Gasteiger partial charge in [0.1, 0.15) is 23.9 Å². The van der Waals surface area contributed by atoms with Crippen LogP contribution in [0.5, 0.6) is 5.75 Å². The van der Waals surface area contributed by atoms with Gasteiger partial charge in [-0.3, -0.25) is 19.2 Å². The number of amides is 4. The average molecular weight is 546 g/mol. The largest absolute Gasteiger partial charge is 0.508 e. The summed E-state index contributed by atoms with van der Waals surface area (Å²) in [5.41, 5.74) is 11.9. The molecule has 2 rings (SSSR count). The number of H-pyrrole nitrogens is 1. The van der Waals surface area contributed by atoms with Crippen molar-refractivity contribution in [2.45, 2.75) is 63.7 Å². The molecule has 5 unspecified atom stereocenters. The lowest BCUT2D eigenvalue weighted by atomic mass is 9.98. The van der Waals surface area contributed by atoms with Crippen LogP contribution in [-0.4, -0.2) is 73.9 Å². The van der Waals surface area contributed by atoms with E-state index in [0.29, 0.717) is 17.7 Å². The average Bonchev–Trinajstić information content (AvgIpc) is 3.39. The molecular weight excluding hydrogens is 510 g/mol. The molecule has 1 aromatic heterocycles. The molecule has 0 aliphatic carbocycles. The van der Waals surface area contributed by atoms with Crippen LogP contribution in [0.3, 0.4) is 0 Å². The second kappa shape index (κ2) is 14.5. The Labute approximate surface area is 224 Å². The monoisotopic (exact) mass is 545 g/mol. The van der Waals surface area contributed by atoms with Gasteiger partial charge in [-0.15, -0.1) is 0 Å². The second-order valence-electron chi connectivity index (χ2n) is 9.26. The van der Waals surface area contributed by atoms with Crippen molar-refractivity contribution in [1.82, 2.24) is 25.9 Å². The van der Waals surface area contributed by atoms with Crippen LogP contribution in [0.4, 0.5) is 0 Å². The van der Waals surface area contributed by atoms with E-state index < -0.39 is 66.1 Å². The maximum atomic E-state index is 13.4. The van der Waals surface area contributed by atoms with Crippen LogP contribution < -0.4 is 27.4 Å². The van der Waals surface area contributed by atoms with Crippen molar-refractivity contribution in [3.8, 4) is 5.75 Å². The highest BCUT2D eigenvalue weighted by molar-refractivity contribution is 5.95. The van der Waals surface area contributed by atoms with Crippen LogP contribution in [0.25, 0.3) is 0 Å². The van der Waals surface area contributed by atoms with E-state index in [2.05, 4.69) is 25.9 Å². The summed E-state index contributed by atoms with van der Waals surface area (Å²) >= 11 is 0. The zero-order chi connectivity index (χ0) is 29.1. The Balaban J connectivity index is 2.31. The van der Waals surface area contributed by atoms with Gasteiger partial charge in [-0.1, -0.05) is 32.4 Å². The predicted molar refractivity (Wildman–Crippen MR) is 139 cm³/mol. The number of phenols is 1. The van der Waals surface area contributed by atoms with Crippen molar-refractivity contribution in [2.75, 3.05) is 0 Å². The number of phenolic OH excluding ortho intramolecular Hbond substituents is 1. The summed E-state index contributed by atoms with van der Waals surface area (Å²) < 4.78 is 0. The zero-order valence-corrected chi connectivity index (χ0v) is 21.7. The minimum absolute atomic E-state index is 0.00105. The minimum Gasteiger partial charge on any atom is -0.508 e. The van der Waals surface area contributed by atoms with Gasteiger partial charge in [-0.2, -0.15) is 0 Å². The summed E-state index contributed by atoms with van der Waals surface area (Å²) in [6.45, 7) is 3.46. The van der Waals surface area contributed by atoms with Gasteiger partial charge >= 0.3 is 5.97 Å². The molecule has 10 N–H and O–H groups in total. The number of benzene rings is 1.